The van der Waals surface area contributed by atoms with E-state index in [2.05, 4.69) is 45.3 Å². The highest BCUT2D eigenvalue weighted by Gasteiger charge is 2.51. The molecule has 0 aromatic heterocycles. The van der Waals surface area contributed by atoms with Gasteiger partial charge < -0.3 is 0 Å². The minimum Gasteiger partial charge on any atom is -0.153 e. The summed E-state index contributed by atoms with van der Waals surface area (Å²) in [6, 6.07) is 0. The third kappa shape index (κ3) is 2.40. The van der Waals surface area contributed by atoms with Gasteiger partial charge in [-0.3, -0.25) is 0 Å². The minimum atomic E-state index is -1.11. The molecule has 2 heteroatoms. The predicted molar refractivity (Wildman–Crippen MR) is 83.5 cm³/mol. The van der Waals surface area contributed by atoms with Crippen molar-refractivity contribution in [2.45, 2.75) is 70.0 Å². The van der Waals surface area contributed by atoms with Crippen LogP contribution in [0.3, 0.4) is 0 Å². The second-order valence-corrected chi connectivity index (χ2v) is 14.2. The van der Waals surface area contributed by atoms with E-state index < -0.39 is 8.07 Å². The molecule has 2 rings (SSSR count). The Labute approximate surface area is 113 Å². The Morgan fingerprint density at radius 3 is 2.12 bits per heavy atom. The zero-order valence-electron chi connectivity index (χ0n) is 12.2. The lowest BCUT2D eigenvalue weighted by Gasteiger charge is -2.50. The first-order valence-electron chi connectivity index (χ1n) is 7.16. The van der Waals surface area contributed by atoms with Gasteiger partial charge in [0.25, 0.3) is 0 Å². The third-order valence-corrected chi connectivity index (χ3v) is 12.1. The summed E-state index contributed by atoms with van der Waals surface area (Å²) < 4.78 is 0.646. The van der Waals surface area contributed by atoms with Crippen molar-refractivity contribution in [2.24, 2.45) is 5.92 Å². The van der Waals surface area contributed by atoms with E-state index in [9.17, 15) is 0 Å². The van der Waals surface area contributed by atoms with E-state index in [4.69, 9.17) is 0 Å². The van der Waals surface area contributed by atoms with Gasteiger partial charge in [-0.05, 0) is 39.0 Å². The molecule has 1 fully saturated rings. The van der Waals surface area contributed by atoms with Crippen LogP contribution < -0.4 is 0 Å². The van der Waals surface area contributed by atoms with Crippen LogP contribution in [0.1, 0.15) is 46.0 Å². The molecule has 1 aliphatic carbocycles. The van der Waals surface area contributed by atoms with Gasteiger partial charge in [0.15, 0.2) is 0 Å². The normalized spacial score (nSPS) is 32.3. The molecule has 0 nitrogen and oxygen atoms in total. The molecule has 1 saturated carbocycles. The molecule has 1 unspecified atom stereocenters. The summed E-state index contributed by atoms with van der Waals surface area (Å²) in [5.41, 5.74) is 3.36. The second kappa shape index (κ2) is 4.77. The van der Waals surface area contributed by atoms with Crippen molar-refractivity contribution >= 4 is 19.8 Å². The molecule has 2 aliphatic rings. The van der Waals surface area contributed by atoms with E-state index in [0.717, 1.165) is 5.92 Å². The zero-order chi connectivity index (χ0) is 12.7. The Hall–Kier alpha value is 0.307. The lowest BCUT2D eigenvalue weighted by Crippen LogP contribution is -2.55. The molecule has 0 aromatic carbocycles. The van der Waals surface area contributed by atoms with Gasteiger partial charge in [-0.15, -0.1) is 0 Å². The fraction of sp³-hybridized carbons (Fsp3) is 0.867. The number of rotatable bonds is 2. The van der Waals surface area contributed by atoms with Crippen LogP contribution in [0.5, 0.6) is 0 Å². The quantitative estimate of drug-likeness (QED) is 0.486. The Kier molecular flexibility index (Phi) is 3.85. The number of thioether (sulfide) groups is 1. The Morgan fingerprint density at radius 1 is 1.06 bits per heavy atom. The Balaban J connectivity index is 2.32. The van der Waals surface area contributed by atoms with Crippen molar-refractivity contribution in [3.8, 4) is 0 Å². The van der Waals surface area contributed by atoms with Crippen molar-refractivity contribution < 1.29 is 0 Å². The van der Waals surface area contributed by atoms with Gasteiger partial charge in [-0.25, -0.2) is 0 Å². The van der Waals surface area contributed by atoms with Gasteiger partial charge >= 0.3 is 0 Å². The number of hydrogen-bond donors (Lipinski definition) is 0. The van der Waals surface area contributed by atoms with Crippen molar-refractivity contribution in [3.63, 3.8) is 0 Å². The molecule has 1 aliphatic heterocycles. The molecule has 0 saturated heterocycles. The molecular weight excluding hydrogens is 240 g/mol. The van der Waals surface area contributed by atoms with Gasteiger partial charge in [0.05, 0.1) is 8.07 Å². The Morgan fingerprint density at radius 2 is 1.65 bits per heavy atom. The standard InChI is InChI=1S/C15H28SSi/c1-12-10-15(17(3,4)5,16-11-13(12)2)14-8-6-7-9-14/h14H,6-11H2,1-5H3. The SMILES string of the molecule is CC1=C(C)CC(C2CCCC2)([Si](C)(C)C)SC1. The zero-order valence-corrected chi connectivity index (χ0v) is 14.0. The molecule has 0 amide bonds. The minimum absolute atomic E-state index is 0.646. The summed E-state index contributed by atoms with van der Waals surface area (Å²) in [6.07, 6.45) is 7.37. The highest BCUT2D eigenvalue weighted by atomic mass is 32.2. The monoisotopic (exact) mass is 268 g/mol. The first-order chi connectivity index (χ1) is 7.87. The number of allylic oxidation sites excluding steroid dienone is 1. The van der Waals surface area contributed by atoms with Crippen molar-refractivity contribution in [1.82, 2.24) is 0 Å². The number of hydrogen-bond acceptors (Lipinski definition) is 1. The van der Waals surface area contributed by atoms with Crippen LogP contribution in [0.2, 0.25) is 19.6 Å². The first kappa shape index (κ1) is 13.7. The summed E-state index contributed by atoms with van der Waals surface area (Å²) in [4.78, 5) is 0. The van der Waals surface area contributed by atoms with Crippen molar-refractivity contribution in [2.75, 3.05) is 5.75 Å². The second-order valence-electron chi connectivity index (χ2n) is 7.15. The summed E-state index contributed by atoms with van der Waals surface area (Å²) in [6.45, 7) is 12.5. The molecule has 1 atom stereocenters. The van der Waals surface area contributed by atoms with Crippen LogP contribution in [0.25, 0.3) is 0 Å². The van der Waals surface area contributed by atoms with Crippen LogP contribution >= 0.6 is 11.8 Å². The van der Waals surface area contributed by atoms with Crippen LogP contribution in [-0.4, -0.2) is 18.2 Å². The lowest BCUT2D eigenvalue weighted by molar-refractivity contribution is 0.460. The average Bonchev–Trinajstić information content (AvgIpc) is 2.74. The smallest absolute Gasteiger partial charge is 0.0634 e. The van der Waals surface area contributed by atoms with Crippen LogP contribution in [-0.2, 0) is 0 Å². The first-order valence-corrected chi connectivity index (χ1v) is 11.6. The molecule has 98 valence electrons. The van der Waals surface area contributed by atoms with E-state index in [-0.39, 0.29) is 0 Å². The van der Waals surface area contributed by atoms with Crippen molar-refractivity contribution in [3.05, 3.63) is 11.1 Å². The van der Waals surface area contributed by atoms with Gasteiger partial charge in [0.2, 0.25) is 0 Å². The van der Waals surface area contributed by atoms with Gasteiger partial charge in [0.1, 0.15) is 0 Å². The van der Waals surface area contributed by atoms with Gasteiger partial charge in [-0.1, -0.05) is 43.6 Å². The maximum Gasteiger partial charge on any atom is 0.0634 e. The van der Waals surface area contributed by atoms with Crippen molar-refractivity contribution in [1.29, 1.82) is 0 Å². The predicted octanol–water partition coefficient (Wildman–Crippen LogP) is 5.27. The van der Waals surface area contributed by atoms with Crippen LogP contribution in [0.4, 0.5) is 0 Å². The molecule has 0 aromatic rings. The highest BCUT2D eigenvalue weighted by Crippen LogP contribution is 2.54. The fourth-order valence-corrected chi connectivity index (χ4v) is 9.47. The molecule has 1 heterocycles. The Bertz CT molecular complexity index is 320. The fourth-order valence-electron chi connectivity index (χ4n) is 3.70. The molecule has 0 radical (unpaired) electrons. The molecule has 0 N–H and O–H groups in total. The van der Waals surface area contributed by atoms with Crippen LogP contribution in [0, 0.1) is 5.92 Å². The van der Waals surface area contributed by atoms with Gasteiger partial charge in [0, 0.05) is 10.1 Å². The van der Waals surface area contributed by atoms with E-state index in [1.54, 1.807) is 11.1 Å². The molecule has 0 spiro atoms. The average molecular weight is 269 g/mol. The highest BCUT2D eigenvalue weighted by molar-refractivity contribution is 8.02. The van der Waals surface area contributed by atoms with Crippen LogP contribution in [0.15, 0.2) is 11.1 Å². The molecular formula is C15H28SSi. The largest absolute Gasteiger partial charge is 0.153 e. The molecule has 17 heavy (non-hydrogen) atoms. The maximum absolute atomic E-state index is 2.60. The topological polar surface area (TPSA) is 0 Å². The van der Waals surface area contributed by atoms with Gasteiger partial charge in [-0.2, -0.15) is 11.8 Å². The summed E-state index contributed by atoms with van der Waals surface area (Å²) in [5.74, 6) is 2.31. The summed E-state index contributed by atoms with van der Waals surface area (Å²) >= 11 is 2.33. The van der Waals surface area contributed by atoms with E-state index in [1.807, 2.05) is 0 Å². The van der Waals surface area contributed by atoms with E-state index in [1.165, 1.54) is 37.9 Å². The summed E-state index contributed by atoms with van der Waals surface area (Å²) in [7, 11) is -1.11. The maximum atomic E-state index is 2.60. The third-order valence-electron chi connectivity index (χ3n) is 5.09. The lowest BCUT2D eigenvalue weighted by atomic mass is 9.95. The molecule has 0 bridgehead atoms. The van der Waals surface area contributed by atoms with E-state index in [0.29, 0.717) is 4.37 Å². The van der Waals surface area contributed by atoms with E-state index >= 15 is 0 Å². The summed E-state index contributed by atoms with van der Waals surface area (Å²) in [5, 5.41) is 0.